The zero-order chi connectivity index (χ0) is 17.9. The Balaban J connectivity index is 1.47. The molecule has 0 saturated carbocycles. The second-order valence-electron chi connectivity index (χ2n) is 5.77. The summed E-state index contributed by atoms with van der Waals surface area (Å²) < 4.78 is 5.41. The molecule has 0 saturated heterocycles. The first-order valence-corrected chi connectivity index (χ1v) is 8.81. The molecule has 128 valence electrons. The highest BCUT2D eigenvalue weighted by Gasteiger charge is 2.15. The number of aldehydes is 1. The van der Waals surface area contributed by atoms with Crippen molar-refractivity contribution in [2.24, 2.45) is 0 Å². The van der Waals surface area contributed by atoms with Gasteiger partial charge < -0.3 is 4.42 Å². The van der Waals surface area contributed by atoms with Crippen LogP contribution in [0.5, 0.6) is 0 Å². The second kappa shape index (κ2) is 6.93. The molecule has 5 nitrogen and oxygen atoms in total. The van der Waals surface area contributed by atoms with E-state index in [1.165, 1.54) is 17.6 Å². The second-order valence-corrected chi connectivity index (χ2v) is 6.88. The summed E-state index contributed by atoms with van der Waals surface area (Å²) in [5.41, 5.74) is 2.90. The Labute approximate surface area is 153 Å². The van der Waals surface area contributed by atoms with Gasteiger partial charge in [-0.25, -0.2) is 4.98 Å². The third-order valence-electron chi connectivity index (χ3n) is 3.99. The molecular formula is C20H14N2O3S. The average molecular weight is 362 g/mol. The summed E-state index contributed by atoms with van der Waals surface area (Å²) in [4.78, 5) is 28.5. The van der Waals surface area contributed by atoms with E-state index in [1.54, 1.807) is 18.3 Å². The van der Waals surface area contributed by atoms with Crippen LogP contribution in [0.1, 0.15) is 31.2 Å². The average Bonchev–Trinajstić information content (AvgIpc) is 3.29. The van der Waals surface area contributed by atoms with Crippen molar-refractivity contribution in [2.45, 2.75) is 6.42 Å². The molecule has 26 heavy (non-hydrogen) atoms. The van der Waals surface area contributed by atoms with Crippen LogP contribution >= 0.6 is 11.3 Å². The maximum Gasteiger partial charge on any atom is 0.261 e. The number of anilines is 1. The minimum atomic E-state index is -0.244. The summed E-state index contributed by atoms with van der Waals surface area (Å²) in [7, 11) is 0. The zero-order valence-corrected chi connectivity index (χ0v) is 14.5. The van der Waals surface area contributed by atoms with Gasteiger partial charge in [0.1, 0.15) is 18.1 Å². The molecule has 0 unspecified atom stereocenters. The number of benzene rings is 2. The maximum absolute atomic E-state index is 12.5. The number of thiazole rings is 1. The molecule has 0 fully saturated rings. The Kier molecular flexibility index (Phi) is 4.33. The lowest BCUT2D eigenvalue weighted by Gasteiger charge is -2.00. The summed E-state index contributed by atoms with van der Waals surface area (Å²) in [5.74, 6) is -0.244. The molecule has 0 aliphatic heterocycles. The normalized spacial score (nSPS) is 10.8. The number of nitrogens with zero attached hydrogens (tertiary/aromatic N) is 1. The molecule has 0 atom stereocenters. The Morgan fingerprint density at radius 3 is 2.77 bits per heavy atom. The molecule has 1 amide bonds. The minimum absolute atomic E-state index is 0.244. The predicted octanol–water partition coefficient (Wildman–Crippen LogP) is 4.54. The van der Waals surface area contributed by atoms with Crippen LogP contribution in [0.25, 0.3) is 11.0 Å². The molecule has 0 bridgehead atoms. The molecule has 0 spiro atoms. The fourth-order valence-electron chi connectivity index (χ4n) is 2.68. The standard InChI is InChI=1S/C20H14N2O3S/c23-11-14-7-5-13(6-8-14)9-15-10-21-20(26-15)22-19(24)17-12-25-18-4-2-1-3-16(17)18/h1-8,10-12H,9H2,(H,21,22,24). The topological polar surface area (TPSA) is 72.2 Å². The fraction of sp³-hybridized carbons (Fsp3) is 0.0500. The Hall–Kier alpha value is -3.25. The number of fused-ring (bicyclic) bond motifs is 1. The van der Waals surface area contributed by atoms with Gasteiger partial charge in [-0.1, -0.05) is 42.5 Å². The molecule has 0 aliphatic rings. The number of nitrogens with one attached hydrogen (secondary N) is 1. The number of para-hydroxylation sites is 1. The summed E-state index contributed by atoms with van der Waals surface area (Å²) in [6.45, 7) is 0. The molecule has 4 aromatic rings. The van der Waals surface area contributed by atoms with Crippen LogP contribution in [0.15, 0.2) is 65.4 Å². The largest absolute Gasteiger partial charge is 0.463 e. The summed E-state index contributed by atoms with van der Waals surface area (Å²) in [5, 5.41) is 4.14. The number of aromatic nitrogens is 1. The van der Waals surface area contributed by atoms with Gasteiger partial charge in [0, 0.05) is 28.4 Å². The first kappa shape index (κ1) is 16.2. The summed E-state index contributed by atoms with van der Waals surface area (Å²) in [6, 6.07) is 14.8. The highest BCUT2D eigenvalue weighted by atomic mass is 32.1. The lowest BCUT2D eigenvalue weighted by Crippen LogP contribution is -2.10. The summed E-state index contributed by atoms with van der Waals surface area (Å²) >= 11 is 1.43. The number of hydrogen-bond donors (Lipinski definition) is 1. The van der Waals surface area contributed by atoms with Crippen LogP contribution in [-0.2, 0) is 6.42 Å². The lowest BCUT2D eigenvalue weighted by molar-refractivity contribution is 0.102. The van der Waals surface area contributed by atoms with Crippen LogP contribution in [-0.4, -0.2) is 17.2 Å². The predicted molar refractivity (Wildman–Crippen MR) is 101 cm³/mol. The molecule has 6 heteroatoms. The van der Waals surface area contributed by atoms with E-state index < -0.39 is 0 Å². The van der Waals surface area contributed by atoms with Crippen LogP contribution in [0, 0.1) is 0 Å². The van der Waals surface area contributed by atoms with E-state index in [0.717, 1.165) is 22.1 Å². The van der Waals surface area contributed by atoms with E-state index in [9.17, 15) is 9.59 Å². The van der Waals surface area contributed by atoms with Crippen molar-refractivity contribution in [3.05, 3.63) is 82.6 Å². The van der Waals surface area contributed by atoms with Gasteiger partial charge in [-0.3, -0.25) is 14.9 Å². The van der Waals surface area contributed by atoms with E-state index in [-0.39, 0.29) is 5.91 Å². The van der Waals surface area contributed by atoms with E-state index in [4.69, 9.17) is 4.42 Å². The number of amides is 1. The fourth-order valence-corrected chi connectivity index (χ4v) is 3.52. The third-order valence-corrected chi connectivity index (χ3v) is 4.91. The number of carbonyl (C=O) groups excluding carboxylic acids is 2. The van der Waals surface area contributed by atoms with E-state index >= 15 is 0 Å². The smallest absolute Gasteiger partial charge is 0.261 e. The van der Waals surface area contributed by atoms with Crippen LogP contribution in [0.2, 0.25) is 0 Å². The molecule has 0 radical (unpaired) electrons. The van der Waals surface area contributed by atoms with Gasteiger partial charge in [0.05, 0.1) is 5.56 Å². The van der Waals surface area contributed by atoms with Gasteiger partial charge in [-0.2, -0.15) is 0 Å². The van der Waals surface area contributed by atoms with Crippen molar-refractivity contribution >= 4 is 39.6 Å². The third kappa shape index (κ3) is 3.27. The SMILES string of the molecule is O=Cc1ccc(Cc2cnc(NC(=O)c3coc4ccccc34)s2)cc1. The number of furan rings is 1. The molecule has 0 aliphatic carbocycles. The van der Waals surface area contributed by atoms with Crippen molar-refractivity contribution < 1.29 is 14.0 Å². The Morgan fingerprint density at radius 1 is 1.15 bits per heavy atom. The van der Waals surface area contributed by atoms with Crippen molar-refractivity contribution in [1.82, 2.24) is 4.98 Å². The molecule has 1 N–H and O–H groups in total. The molecule has 2 aromatic heterocycles. The van der Waals surface area contributed by atoms with E-state index in [2.05, 4.69) is 10.3 Å². The zero-order valence-electron chi connectivity index (χ0n) is 13.6. The highest BCUT2D eigenvalue weighted by Crippen LogP contribution is 2.25. The maximum atomic E-state index is 12.5. The lowest BCUT2D eigenvalue weighted by atomic mass is 10.1. The van der Waals surface area contributed by atoms with Gasteiger partial charge in [-0.15, -0.1) is 11.3 Å². The van der Waals surface area contributed by atoms with Gasteiger partial charge in [-0.05, 0) is 11.6 Å². The van der Waals surface area contributed by atoms with Crippen molar-refractivity contribution in [1.29, 1.82) is 0 Å². The van der Waals surface area contributed by atoms with Gasteiger partial charge >= 0.3 is 0 Å². The van der Waals surface area contributed by atoms with Crippen LogP contribution in [0.4, 0.5) is 5.13 Å². The quantitative estimate of drug-likeness (QED) is 0.529. The molecule has 2 heterocycles. The highest BCUT2D eigenvalue weighted by molar-refractivity contribution is 7.15. The number of hydrogen-bond acceptors (Lipinski definition) is 5. The van der Waals surface area contributed by atoms with Gasteiger partial charge in [0.15, 0.2) is 5.13 Å². The Bertz CT molecular complexity index is 1080. The molecular weight excluding hydrogens is 348 g/mol. The molecule has 2 aromatic carbocycles. The Morgan fingerprint density at radius 2 is 1.96 bits per heavy atom. The molecule has 4 rings (SSSR count). The van der Waals surface area contributed by atoms with E-state index in [1.807, 2.05) is 36.4 Å². The van der Waals surface area contributed by atoms with Crippen LogP contribution in [0.3, 0.4) is 0 Å². The summed E-state index contributed by atoms with van der Waals surface area (Å²) in [6.07, 6.45) is 4.73. The van der Waals surface area contributed by atoms with Gasteiger partial charge in [0.25, 0.3) is 5.91 Å². The first-order valence-electron chi connectivity index (χ1n) is 7.99. The minimum Gasteiger partial charge on any atom is -0.463 e. The first-order chi connectivity index (χ1) is 12.7. The number of carbonyl (C=O) groups is 2. The van der Waals surface area contributed by atoms with Gasteiger partial charge in [0.2, 0.25) is 0 Å². The number of rotatable bonds is 5. The van der Waals surface area contributed by atoms with Crippen molar-refractivity contribution in [3.8, 4) is 0 Å². The van der Waals surface area contributed by atoms with Crippen molar-refractivity contribution in [2.75, 3.05) is 5.32 Å². The van der Waals surface area contributed by atoms with E-state index in [0.29, 0.717) is 28.3 Å². The van der Waals surface area contributed by atoms with Crippen LogP contribution < -0.4 is 5.32 Å². The monoisotopic (exact) mass is 362 g/mol. The van der Waals surface area contributed by atoms with Crippen molar-refractivity contribution in [3.63, 3.8) is 0 Å².